The Balaban J connectivity index is 2.06. The lowest BCUT2D eigenvalue weighted by Gasteiger charge is -2.11. The van der Waals surface area contributed by atoms with Crippen molar-refractivity contribution in [3.05, 3.63) is 45.7 Å². The third-order valence-corrected chi connectivity index (χ3v) is 4.14. The molecule has 0 spiro atoms. The molecule has 0 bridgehead atoms. The Bertz CT molecular complexity index is 806. The first-order valence-electron chi connectivity index (χ1n) is 6.18. The Hall–Kier alpha value is -1.73. The van der Waals surface area contributed by atoms with E-state index < -0.39 is 0 Å². The molecular weight excluding hydrogens is 398 g/mol. The number of aromatic nitrogens is 3. The van der Waals surface area contributed by atoms with E-state index in [1.807, 2.05) is 31.3 Å². The highest BCUT2D eigenvalue weighted by molar-refractivity contribution is 9.11. The fourth-order valence-electron chi connectivity index (χ4n) is 1.99. The van der Waals surface area contributed by atoms with Gasteiger partial charge in [-0.05, 0) is 44.0 Å². The molecule has 0 amide bonds. The number of hydrogen-bond acceptors (Lipinski definition) is 5. The summed E-state index contributed by atoms with van der Waals surface area (Å²) in [6.45, 7) is 0. The van der Waals surface area contributed by atoms with Crippen LogP contribution in [0, 0.1) is 0 Å². The van der Waals surface area contributed by atoms with Crippen LogP contribution in [0.5, 0.6) is 0 Å². The van der Waals surface area contributed by atoms with Crippen molar-refractivity contribution in [3.8, 4) is 0 Å². The van der Waals surface area contributed by atoms with Gasteiger partial charge in [0.05, 0.1) is 11.2 Å². The standard InChI is InChI=1S/C14H11Br2N5/c1-17-13-11(16)14(20-7-19-13)21-10-4-2-3-8-5-9(15)6-18-12(8)10/h2-7H,1H3,(H2,17,19,20,21). The number of hydrogen-bond donors (Lipinski definition) is 2. The lowest BCUT2D eigenvalue weighted by atomic mass is 10.2. The van der Waals surface area contributed by atoms with Crippen LogP contribution < -0.4 is 10.6 Å². The van der Waals surface area contributed by atoms with Crippen LogP contribution in [-0.4, -0.2) is 22.0 Å². The summed E-state index contributed by atoms with van der Waals surface area (Å²) >= 11 is 6.93. The number of benzene rings is 1. The predicted molar refractivity (Wildman–Crippen MR) is 92.0 cm³/mol. The highest BCUT2D eigenvalue weighted by Crippen LogP contribution is 2.31. The molecule has 7 heteroatoms. The third kappa shape index (κ3) is 2.84. The molecular formula is C14H11Br2N5. The summed E-state index contributed by atoms with van der Waals surface area (Å²) in [4.78, 5) is 12.9. The number of nitrogens with zero attached hydrogens (tertiary/aromatic N) is 3. The van der Waals surface area contributed by atoms with Crippen LogP contribution in [0.4, 0.5) is 17.3 Å². The second kappa shape index (κ2) is 5.95. The Morgan fingerprint density at radius 2 is 1.86 bits per heavy atom. The van der Waals surface area contributed by atoms with E-state index in [4.69, 9.17) is 0 Å². The van der Waals surface area contributed by atoms with E-state index in [0.717, 1.165) is 31.4 Å². The maximum absolute atomic E-state index is 4.47. The van der Waals surface area contributed by atoms with Gasteiger partial charge >= 0.3 is 0 Å². The normalized spacial score (nSPS) is 10.6. The molecule has 0 fully saturated rings. The maximum Gasteiger partial charge on any atom is 0.150 e. The molecule has 106 valence electrons. The van der Waals surface area contributed by atoms with Gasteiger partial charge < -0.3 is 10.6 Å². The number of pyridine rings is 1. The van der Waals surface area contributed by atoms with Gasteiger partial charge in [-0.3, -0.25) is 4.98 Å². The molecule has 2 aromatic heterocycles. The van der Waals surface area contributed by atoms with Crippen molar-refractivity contribution in [1.29, 1.82) is 0 Å². The van der Waals surface area contributed by atoms with Crippen LogP contribution in [0.15, 0.2) is 45.7 Å². The van der Waals surface area contributed by atoms with Gasteiger partial charge in [-0.25, -0.2) is 9.97 Å². The Labute approximate surface area is 138 Å². The molecule has 0 radical (unpaired) electrons. The Morgan fingerprint density at radius 3 is 2.67 bits per heavy atom. The molecule has 2 heterocycles. The smallest absolute Gasteiger partial charge is 0.150 e. The van der Waals surface area contributed by atoms with Gasteiger partial charge in [0, 0.05) is 23.1 Å². The highest BCUT2D eigenvalue weighted by Gasteiger charge is 2.10. The zero-order valence-electron chi connectivity index (χ0n) is 11.1. The predicted octanol–water partition coefficient (Wildman–Crippen LogP) is 4.34. The van der Waals surface area contributed by atoms with E-state index in [2.05, 4.69) is 57.4 Å². The van der Waals surface area contributed by atoms with E-state index in [1.165, 1.54) is 6.33 Å². The van der Waals surface area contributed by atoms with E-state index in [9.17, 15) is 0 Å². The monoisotopic (exact) mass is 407 g/mol. The summed E-state index contributed by atoms with van der Waals surface area (Å²) in [6.07, 6.45) is 3.29. The molecule has 0 saturated heterocycles. The van der Waals surface area contributed by atoms with Gasteiger partial charge in [0.25, 0.3) is 0 Å². The molecule has 0 unspecified atom stereocenters. The van der Waals surface area contributed by atoms with E-state index in [-0.39, 0.29) is 0 Å². The summed E-state index contributed by atoms with van der Waals surface area (Å²) in [7, 11) is 1.81. The first-order valence-corrected chi connectivity index (χ1v) is 7.77. The van der Waals surface area contributed by atoms with Crippen molar-refractivity contribution in [3.63, 3.8) is 0 Å². The summed E-state index contributed by atoms with van der Waals surface area (Å²) < 4.78 is 1.73. The van der Waals surface area contributed by atoms with Crippen molar-refractivity contribution in [2.75, 3.05) is 17.7 Å². The van der Waals surface area contributed by atoms with Gasteiger partial charge in [0.1, 0.15) is 22.4 Å². The van der Waals surface area contributed by atoms with E-state index >= 15 is 0 Å². The highest BCUT2D eigenvalue weighted by atomic mass is 79.9. The van der Waals surface area contributed by atoms with E-state index in [1.54, 1.807) is 6.20 Å². The summed E-state index contributed by atoms with van der Waals surface area (Å²) in [5.74, 6) is 1.41. The number of anilines is 3. The zero-order valence-corrected chi connectivity index (χ0v) is 14.2. The molecule has 0 aliphatic rings. The number of rotatable bonds is 3. The first-order chi connectivity index (χ1) is 10.2. The van der Waals surface area contributed by atoms with Crippen LogP contribution >= 0.6 is 31.9 Å². The quantitative estimate of drug-likeness (QED) is 0.675. The molecule has 5 nitrogen and oxygen atoms in total. The number of para-hydroxylation sites is 1. The van der Waals surface area contributed by atoms with Crippen LogP contribution in [-0.2, 0) is 0 Å². The van der Waals surface area contributed by atoms with Crippen LogP contribution in [0.1, 0.15) is 0 Å². The minimum atomic E-state index is 0.687. The molecule has 3 aromatic rings. The topological polar surface area (TPSA) is 62.7 Å². The minimum Gasteiger partial charge on any atom is -0.372 e. The van der Waals surface area contributed by atoms with Crippen LogP contribution in [0.3, 0.4) is 0 Å². The minimum absolute atomic E-state index is 0.687. The summed E-state index contributed by atoms with van der Waals surface area (Å²) in [5.41, 5.74) is 1.78. The molecule has 21 heavy (non-hydrogen) atoms. The molecule has 0 saturated carbocycles. The molecule has 0 atom stereocenters. The average molecular weight is 409 g/mol. The van der Waals surface area contributed by atoms with Crippen molar-refractivity contribution >= 4 is 60.1 Å². The van der Waals surface area contributed by atoms with Gasteiger partial charge in [0.15, 0.2) is 0 Å². The van der Waals surface area contributed by atoms with Crippen molar-refractivity contribution in [1.82, 2.24) is 15.0 Å². The summed E-state index contributed by atoms with van der Waals surface area (Å²) in [6, 6.07) is 8.00. The fraction of sp³-hybridized carbons (Fsp3) is 0.0714. The van der Waals surface area contributed by atoms with Crippen LogP contribution in [0.2, 0.25) is 0 Å². The maximum atomic E-state index is 4.47. The third-order valence-electron chi connectivity index (χ3n) is 2.96. The Morgan fingerprint density at radius 1 is 1.05 bits per heavy atom. The van der Waals surface area contributed by atoms with Gasteiger partial charge in [-0.2, -0.15) is 0 Å². The molecule has 2 N–H and O–H groups in total. The average Bonchev–Trinajstić information content (AvgIpc) is 2.49. The lowest BCUT2D eigenvalue weighted by Crippen LogP contribution is -2.01. The summed E-state index contributed by atoms with van der Waals surface area (Å²) in [5, 5.41) is 7.35. The second-order valence-electron chi connectivity index (χ2n) is 4.29. The Kier molecular flexibility index (Phi) is 4.03. The van der Waals surface area contributed by atoms with Gasteiger partial charge in [0.2, 0.25) is 0 Å². The van der Waals surface area contributed by atoms with Crippen LogP contribution in [0.25, 0.3) is 10.9 Å². The molecule has 0 aliphatic heterocycles. The largest absolute Gasteiger partial charge is 0.372 e. The van der Waals surface area contributed by atoms with Crippen molar-refractivity contribution in [2.45, 2.75) is 0 Å². The van der Waals surface area contributed by atoms with E-state index in [0.29, 0.717) is 5.82 Å². The molecule has 1 aromatic carbocycles. The number of nitrogens with one attached hydrogen (secondary N) is 2. The van der Waals surface area contributed by atoms with Crippen molar-refractivity contribution < 1.29 is 0 Å². The van der Waals surface area contributed by atoms with Crippen molar-refractivity contribution in [2.24, 2.45) is 0 Å². The first kappa shape index (κ1) is 14.2. The van der Waals surface area contributed by atoms with Gasteiger partial charge in [-0.1, -0.05) is 12.1 Å². The second-order valence-corrected chi connectivity index (χ2v) is 6.00. The zero-order chi connectivity index (χ0) is 14.8. The fourth-order valence-corrected chi connectivity index (χ4v) is 2.84. The number of halogens is 2. The SMILES string of the molecule is CNc1ncnc(Nc2cccc3cc(Br)cnc23)c1Br. The number of fused-ring (bicyclic) bond motifs is 1. The molecule has 3 rings (SSSR count). The lowest BCUT2D eigenvalue weighted by molar-refractivity contribution is 1.14. The van der Waals surface area contributed by atoms with Gasteiger partial charge in [-0.15, -0.1) is 0 Å². The molecule has 0 aliphatic carbocycles.